The number of hydrogen-bond acceptors (Lipinski definition) is 6. The summed E-state index contributed by atoms with van der Waals surface area (Å²) in [5.41, 5.74) is -16.6. The van der Waals surface area contributed by atoms with Crippen LogP contribution in [0, 0.1) is 0 Å². The zero-order valence-electron chi connectivity index (χ0n) is 10.4. The molecule has 22 heteroatoms. The minimum absolute atomic E-state index is 0. The second kappa shape index (κ2) is 9.78. The SMILES string of the molecule is O=S(=O)(O)C(F)(F)F.O=S(=O)(O)C(F)(F)F.O=S(=O)(O)C(F)(F)F.[Bi]. The number of rotatable bonds is 0. The molecule has 0 aromatic heterocycles. The Morgan fingerprint density at radius 2 is 0.480 bits per heavy atom. The van der Waals surface area contributed by atoms with Crippen LogP contribution < -0.4 is 0 Å². The first-order valence-electron chi connectivity index (χ1n) is 3.86. The normalized spacial score (nSPS) is 13.4. The summed E-state index contributed by atoms with van der Waals surface area (Å²) in [6.07, 6.45) is 0. The van der Waals surface area contributed by atoms with E-state index in [2.05, 4.69) is 0 Å². The maximum Gasteiger partial charge on any atom is 0.522 e. The topological polar surface area (TPSA) is 163 Å². The van der Waals surface area contributed by atoms with Gasteiger partial charge in [-0.25, -0.2) is 0 Å². The molecule has 0 saturated carbocycles. The summed E-state index contributed by atoms with van der Waals surface area (Å²) in [6.45, 7) is 0. The van der Waals surface area contributed by atoms with Crippen molar-refractivity contribution in [1.29, 1.82) is 0 Å². The van der Waals surface area contributed by atoms with Crippen molar-refractivity contribution in [3.05, 3.63) is 0 Å². The van der Waals surface area contributed by atoms with Crippen molar-refractivity contribution in [2.24, 2.45) is 0 Å². The third-order valence-electron chi connectivity index (χ3n) is 0.877. The van der Waals surface area contributed by atoms with E-state index in [1.807, 2.05) is 0 Å². The second-order valence-electron chi connectivity index (χ2n) is 2.76. The van der Waals surface area contributed by atoms with Gasteiger partial charge in [0.1, 0.15) is 0 Å². The zero-order valence-corrected chi connectivity index (χ0v) is 16.3. The van der Waals surface area contributed by atoms with Crippen LogP contribution in [0.2, 0.25) is 0 Å². The van der Waals surface area contributed by atoms with Crippen molar-refractivity contribution in [2.75, 3.05) is 0 Å². The Kier molecular flexibility index (Phi) is 12.8. The van der Waals surface area contributed by atoms with Gasteiger partial charge in [0.15, 0.2) is 0 Å². The summed E-state index contributed by atoms with van der Waals surface area (Å²) < 4.78 is 173. The van der Waals surface area contributed by atoms with Gasteiger partial charge in [0.2, 0.25) is 0 Å². The summed E-state index contributed by atoms with van der Waals surface area (Å²) in [6, 6.07) is 0. The Morgan fingerprint density at radius 1 is 0.440 bits per heavy atom. The summed E-state index contributed by atoms with van der Waals surface area (Å²) >= 11 is 0. The van der Waals surface area contributed by atoms with Crippen LogP contribution >= 0.6 is 0 Å². The van der Waals surface area contributed by atoms with Gasteiger partial charge in [-0.15, -0.1) is 0 Å². The molecular formula is C3H3BiF9O9S3. The van der Waals surface area contributed by atoms with Gasteiger partial charge in [-0.1, -0.05) is 0 Å². The predicted molar refractivity (Wildman–Crippen MR) is 58.6 cm³/mol. The van der Waals surface area contributed by atoms with E-state index in [1.165, 1.54) is 0 Å². The van der Waals surface area contributed by atoms with E-state index in [-0.39, 0.29) is 26.2 Å². The minimum atomic E-state index is -5.84. The quantitative estimate of drug-likeness (QED) is 0.148. The fourth-order valence-corrected chi connectivity index (χ4v) is 0. The summed E-state index contributed by atoms with van der Waals surface area (Å²) in [5.74, 6) is 0. The molecule has 3 N–H and O–H groups in total. The molecule has 0 fully saturated rings. The van der Waals surface area contributed by atoms with Crippen LogP contribution in [0.5, 0.6) is 0 Å². The van der Waals surface area contributed by atoms with E-state index in [1.54, 1.807) is 0 Å². The molecule has 0 unspecified atom stereocenters. The third kappa shape index (κ3) is 15.9. The van der Waals surface area contributed by atoms with Crippen LogP contribution in [0.1, 0.15) is 0 Å². The Bertz CT molecular complexity index is 596. The molecule has 0 atom stereocenters. The average molecular weight is 659 g/mol. The van der Waals surface area contributed by atoms with Crippen LogP contribution in [0.25, 0.3) is 0 Å². The van der Waals surface area contributed by atoms with Crippen molar-refractivity contribution in [1.82, 2.24) is 0 Å². The van der Waals surface area contributed by atoms with Crippen LogP contribution in [-0.4, -0.2) is 81.6 Å². The van der Waals surface area contributed by atoms with Crippen molar-refractivity contribution >= 4 is 56.6 Å². The number of halogens is 9. The maximum atomic E-state index is 10.7. The molecule has 155 valence electrons. The Hall–Kier alpha value is -0.0169. The predicted octanol–water partition coefficient (Wildman–Crippen LogP) is 0.801. The molecule has 0 aliphatic heterocycles. The molecule has 0 aliphatic rings. The van der Waals surface area contributed by atoms with Gasteiger partial charge in [-0.3, -0.25) is 13.7 Å². The molecule has 0 aliphatic carbocycles. The first-order valence-corrected chi connectivity index (χ1v) is 8.18. The van der Waals surface area contributed by atoms with E-state index in [4.69, 9.17) is 38.9 Å². The molecule has 0 amide bonds. The molecule has 0 spiro atoms. The fourth-order valence-electron chi connectivity index (χ4n) is 0. The van der Waals surface area contributed by atoms with E-state index in [9.17, 15) is 39.5 Å². The molecule has 0 aromatic rings. The van der Waals surface area contributed by atoms with Gasteiger partial charge in [0.25, 0.3) is 0 Å². The van der Waals surface area contributed by atoms with Crippen molar-refractivity contribution in [3.63, 3.8) is 0 Å². The molecule has 0 aromatic carbocycles. The zero-order chi connectivity index (χ0) is 21.0. The Morgan fingerprint density at radius 3 is 0.480 bits per heavy atom. The Balaban J connectivity index is -0.000000130. The van der Waals surface area contributed by atoms with Crippen LogP contribution in [0.4, 0.5) is 39.5 Å². The first kappa shape index (κ1) is 32.6. The number of alkyl halides is 9. The standard InChI is InChI=1S/3CHF3O3S.Bi/c3*2-1(3,4)8(5,6)7;/h3*(H,5,6,7);. The third-order valence-corrected chi connectivity index (χ3v) is 2.63. The molecule has 9 nitrogen and oxygen atoms in total. The van der Waals surface area contributed by atoms with E-state index < -0.39 is 46.9 Å². The molecule has 3 radical (unpaired) electrons. The average Bonchev–Trinajstić information content (AvgIpc) is 2.08. The van der Waals surface area contributed by atoms with Gasteiger partial charge in [-0.2, -0.15) is 64.8 Å². The summed E-state index contributed by atoms with van der Waals surface area (Å²) in [7, 11) is -17.5. The minimum Gasteiger partial charge on any atom is -0.279 e. The fraction of sp³-hybridized carbons (Fsp3) is 1.00. The molecule has 0 bridgehead atoms. The monoisotopic (exact) mass is 659 g/mol. The van der Waals surface area contributed by atoms with Crippen molar-refractivity contribution in [2.45, 2.75) is 16.5 Å². The van der Waals surface area contributed by atoms with Gasteiger partial charge in [-0.05, 0) is 0 Å². The maximum absolute atomic E-state index is 10.7. The first-order chi connectivity index (χ1) is 9.75. The van der Waals surface area contributed by atoms with Gasteiger partial charge < -0.3 is 0 Å². The molecule has 0 rings (SSSR count). The van der Waals surface area contributed by atoms with E-state index in [0.717, 1.165) is 0 Å². The largest absolute Gasteiger partial charge is 0.522 e. The smallest absolute Gasteiger partial charge is 0.279 e. The van der Waals surface area contributed by atoms with Crippen molar-refractivity contribution in [3.8, 4) is 0 Å². The second-order valence-corrected chi connectivity index (χ2v) is 7.00. The van der Waals surface area contributed by atoms with E-state index >= 15 is 0 Å². The van der Waals surface area contributed by atoms with Gasteiger partial charge in [0, 0.05) is 26.2 Å². The van der Waals surface area contributed by atoms with Crippen LogP contribution in [-0.2, 0) is 30.4 Å². The van der Waals surface area contributed by atoms with Crippen LogP contribution in [0.15, 0.2) is 0 Å². The summed E-state index contributed by atoms with van der Waals surface area (Å²) in [5, 5.41) is 0. The number of hydrogen-bond donors (Lipinski definition) is 3. The van der Waals surface area contributed by atoms with E-state index in [0.29, 0.717) is 0 Å². The molecule has 0 saturated heterocycles. The van der Waals surface area contributed by atoms with Crippen molar-refractivity contribution < 1.29 is 78.4 Å². The molecular weight excluding hydrogens is 656 g/mol. The molecule has 0 heterocycles. The Labute approximate surface area is 151 Å². The van der Waals surface area contributed by atoms with Gasteiger partial charge in [0.05, 0.1) is 0 Å². The van der Waals surface area contributed by atoms with Gasteiger partial charge >= 0.3 is 46.9 Å². The molecule has 25 heavy (non-hydrogen) atoms. The summed E-state index contributed by atoms with van der Waals surface area (Å²) in [4.78, 5) is 0. The van der Waals surface area contributed by atoms with Crippen LogP contribution in [0.3, 0.4) is 0 Å².